The molecule has 0 N–H and O–H groups in total. The monoisotopic (exact) mass is 878 g/mol. The minimum atomic E-state index is 0.823. The number of hydrogen-bond acceptors (Lipinski definition) is 7. The van der Waals surface area contributed by atoms with Gasteiger partial charge in [0.2, 0.25) is 0 Å². The lowest BCUT2D eigenvalue weighted by Crippen LogP contribution is -2.09. The van der Waals surface area contributed by atoms with Gasteiger partial charge in [0, 0.05) is 86.8 Å². The Kier molecular flexibility index (Phi) is 7.56. The summed E-state index contributed by atoms with van der Waals surface area (Å²) in [5.41, 5.74) is 12.7. The standard InChI is InChI=1S/C60H34N2O4S/c1-3-13-35(14-4-1)61(49-21-11-19-43-39-17-7-9-23-51(39)65-59(43)49)37-25-27-41-45-33-57-47(31-55(45)63-53(41)29-37)48-32-56-46(34-58(48)67-57)42-28-26-38(30-54(42)64-56)62(36-15-5-2-6-16-36)50-22-12-20-44-40-18-8-10-24-52(40)66-60(44)50/h1-34H. The zero-order valence-electron chi connectivity index (χ0n) is 35.6. The Morgan fingerprint density at radius 2 is 0.657 bits per heavy atom. The highest BCUT2D eigenvalue weighted by molar-refractivity contribution is 7.26. The predicted octanol–water partition coefficient (Wildman–Crippen LogP) is 18.6. The molecular weight excluding hydrogens is 845 g/mol. The molecule has 15 aromatic rings. The molecule has 0 saturated carbocycles. The molecule has 314 valence electrons. The number of thiophene rings is 1. The number of fused-ring (bicyclic) bond motifs is 15. The van der Waals surface area contributed by atoms with Crippen LogP contribution in [0.4, 0.5) is 34.1 Å². The Morgan fingerprint density at radius 3 is 1.13 bits per heavy atom. The van der Waals surface area contributed by atoms with Crippen LogP contribution >= 0.6 is 11.3 Å². The van der Waals surface area contributed by atoms with E-state index in [-0.39, 0.29) is 0 Å². The molecule has 10 aromatic carbocycles. The first kappa shape index (κ1) is 36.5. The molecule has 0 amide bonds. The molecule has 0 aliphatic heterocycles. The highest BCUT2D eigenvalue weighted by Gasteiger charge is 2.23. The fourth-order valence-corrected chi connectivity index (χ4v) is 11.5. The first-order chi connectivity index (χ1) is 33.2. The Bertz CT molecular complexity index is 4190. The zero-order valence-corrected chi connectivity index (χ0v) is 36.4. The van der Waals surface area contributed by atoms with Crippen LogP contribution in [0.3, 0.4) is 0 Å². The summed E-state index contributed by atoms with van der Waals surface area (Å²) in [5.74, 6) is 0. The van der Waals surface area contributed by atoms with Gasteiger partial charge in [-0.1, -0.05) is 97.1 Å². The van der Waals surface area contributed by atoms with Crippen LogP contribution in [0.1, 0.15) is 0 Å². The first-order valence-electron chi connectivity index (χ1n) is 22.4. The van der Waals surface area contributed by atoms with Gasteiger partial charge in [-0.3, -0.25) is 0 Å². The van der Waals surface area contributed by atoms with Gasteiger partial charge in [0.05, 0.1) is 22.7 Å². The molecule has 0 atom stereocenters. The molecule has 0 saturated heterocycles. The lowest BCUT2D eigenvalue weighted by Gasteiger charge is -2.25. The van der Waals surface area contributed by atoms with Gasteiger partial charge in [-0.15, -0.1) is 11.3 Å². The van der Waals surface area contributed by atoms with E-state index < -0.39 is 0 Å². The molecule has 0 radical (unpaired) electrons. The average Bonchev–Trinajstić information content (AvgIpc) is 4.20. The van der Waals surface area contributed by atoms with Crippen molar-refractivity contribution in [1.29, 1.82) is 0 Å². The van der Waals surface area contributed by atoms with E-state index in [4.69, 9.17) is 17.7 Å². The molecule has 0 fully saturated rings. The van der Waals surface area contributed by atoms with E-state index in [0.29, 0.717) is 0 Å². The maximum Gasteiger partial charge on any atom is 0.159 e. The lowest BCUT2D eigenvalue weighted by molar-refractivity contribution is 0.667. The molecule has 0 aliphatic rings. The average molecular weight is 879 g/mol. The summed E-state index contributed by atoms with van der Waals surface area (Å²) in [6.45, 7) is 0. The fourth-order valence-electron chi connectivity index (χ4n) is 10.4. The molecule has 0 bridgehead atoms. The van der Waals surface area contributed by atoms with Crippen molar-refractivity contribution in [3.05, 3.63) is 206 Å². The quantitative estimate of drug-likeness (QED) is 0.166. The molecular formula is C60H34N2O4S. The smallest absolute Gasteiger partial charge is 0.159 e. The van der Waals surface area contributed by atoms with Crippen LogP contribution in [0, 0.1) is 0 Å². The second kappa shape index (κ2) is 13.9. The molecule has 6 nitrogen and oxygen atoms in total. The van der Waals surface area contributed by atoms with Gasteiger partial charge >= 0.3 is 0 Å². The number of benzene rings is 10. The Morgan fingerprint density at radius 1 is 0.254 bits per heavy atom. The molecule has 0 aliphatic carbocycles. The van der Waals surface area contributed by atoms with Crippen molar-refractivity contribution >= 4 is 153 Å². The maximum atomic E-state index is 6.78. The van der Waals surface area contributed by atoms with Gasteiger partial charge in [-0.25, -0.2) is 0 Å². The summed E-state index contributed by atoms with van der Waals surface area (Å²) in [6, 6.07) is 72.1. The van der Waals surface area contributed by atoms with Crippen LogP contribution in [0.25, 0.3) is 108 Å². The Labute approximate surface area is 385 Å². The van der Waals surface area contributed by atoms with Gasteiger partial charge in [-0.05, 0) is 97.1 Å². The maximum absolute atomic E-state index is 6.78. The van der Waals surface area contributed by atoms with Crippen molar-refractivity contribution < 1.29 is 17.7 Å². The third-order valence-corrected chi connectivity index (χ3v) is 14.5. The molecule has 0 unspecified atom stereocenters. The van der Waals surface area contributed by atoms with Crippen molar-refractivity contribution in [2.24, 2.45) is 0 Å². The summed E-state index contributed by atoms with van der Waals surface area (Å²) < 4.78 is 29.1. The van der Waals surface area contributed by atoms with Crippen LogP contribution in [-0.2, 0) is 0 Å². The molecule has 0 spiro atoms. The first-order valence-corrected chi connectivity index (χ1v) is 23.2. The second-order valence-corrected chi connectivity index (χ2v) is 18.3. The number of para-hydroxylation sites is 6. The lowest BCUT2D eigenvalue weighted by atomic mass is 10.1. The number of anilines is 6. The molecule has 15 rings (SSSR count). The van der Waals surface area contributed by atoms with E-state index in [1.807, 2.05) is 36.4 Å². The van der Waals surface area contributed by atoms with Crippen molar-refractivity contribution in [3.63, 3.8) is 0 Å². The van der Waals surface area contributed by atoms with Crippen molar-refractivity contribution in [2.45, 2.75) is 0 Å². The van der Waals surface area contributed by atoms with Crippen molar-refractivity contribution in [3.8, 4) is 0 Å². The van der Waals surface area contributed by atoms with Crippen LogP contribution in [-0.4, -0.2) is 0 Å². The summed E-state index contributed by atoms with van der Waals surface area (Å²) in [7, 11) is 0. The third-order valence-electron chi connectivity index (χ3n) is 13.4. The van der Waals surface area contributed by atoms with Crippen molar-refractivity contribution in [1.82, 2.24) is 0 Å². The van der Waals surface area contributed by atoms with E-state index in [1.54, 1.807) is 11.3 Å². The van der Waals surface area contributed by atoms with Gasteiger partial charge in [-0.2, -0.15) is 0 Å². The Balaban J connectivity index is 0.845. The van der Waals surface area contributed by atoms with E-state index in [0.717, 1.165) is 133 Å². The van der Waals surface area contributed by atoms with Crippen LogP contribution < -0.4 is 9.80 Å². The normalized spacial score (nSPS) is 12.2. The molecule has 7 heteroatoms. The van der Waals surface area contributed by atoms with E-state index in [1.165, 1.54) is 9.40 Å². The van der Waals surface area contributed by atoms with Gasteiger partial charge in [0.1, 0.15) is 33.5 Å². The van der Waals surface area contributed by atoms with Crippen molar-refractivity contribution in [2.75, 3.05) is 9.80 Å². The summed E-state index contributed by atoms with van der Waals surface area (Å²) >= 11 is 1.81. The van der Waals surface area contributed by atoms with Crippen LogP contribution in [0.15, 0.2) is 224 Å². The number of rotatable bonds is 6. The Hall–Kier alpha value is -8.78. The summed E-state index contributed by atoms with van der Waals surface area (Å²) in [6.07, 6.45) is 0. The minimum Gasteiger partial charge on any atom is -0.456 e. The van der Waals surface area contributed by atoms with E-state index in [2.05, 4.69) is 180 Å². The molecule has 67 heavy (non-hydrogen) atoms. The number of furan rings is 4. The number of nitrogens with zero attached hydrogens (tertiary/aromatic N) is 2. The zero-order chi connectivity index (χ0) is 43.7. The molecule has 5 heterocycles. The van der Waals surface area contributed by atoms with Crippen LogP contribution in [0.5, 0.6) is 0 Å². The van der Waals surface area contributed by atoms with E-state index >= 15 is 0 Å². The SMILES string of the molecule is c1ccc(N(c2ccc3c(c2)oc2cc4c(cc23)sc2cc3c(cc24)oc2cc(N(c4ccccc4)c4cccc5c4oc4ccccc45)ccc23)c2cccc3c2oc2ccccc23)cc1. The van der Waals surface area contributed by atoms with Gasteiger partial charge in [0.25, 0.3) is 0 Å². The van der Waals surface area contributed by atoms with Crippen LogP contribution in [0.2, 0.25) is 0 Å². The summed E-state index contributed by atoms with van der Waals surface area (Å²) in [4.78, 5) is 4.51. The summed E-state index contributed by atoms with van der Waals surface area (Å²) in [5, 5.41) is 11.0. The highest BCUT2D eigenvalue weighted by atomic mass is 32.1. The fraction of sp³-hybridized carbons (Fsp3) is 0. The van der Waals surface area contributed by atoms with Gasteiger partial charge in [0.15, 0.2) is 11.2 Å². The number of hydrogen-bond donors (Lipinski definition) is 0. The van der Waals surface area contributed by atoms with Gasteiger partial charge < -0.3 is 27.5 Å². The predicted molar refractivity (Wildman–Crippen MR) is 278 cm³/mol. The minimum absolute atomic E-state index is 0.823. The third kappa shape index (κ3) is 5.43. The highest BCUT2D eigenvalue weighted by Crippen LogP contribution is 2.48. The molecule has 5 aromatic heterocycles. The van der Waals surface area contributed by atoms with E-state index in [9.17, 15) is 0 Å². The topological polar surface area (TPSA) is 59.0 Å². The largest absolute Gasteiger partial charge is 0.456 e. The second-order valence-electron chi connectivity index (χ2n) is 17.2.